The lowest BCUT2D eigenvalue weighted by molar-refractivity contribution is 0.287. The van der Waals surface area contributed by atoms with Crippen LogP contribution >= 0.6 is 15.9 Å². The lowest BCUT2D eigenvalue weighted by Crippen LogP contribution is -1.98. The van der Waals surface area contributed by atoms with Crippen LogP contribution in [0.3, 0.4) is 0 Å². The number of aromatic nitrogens is 3. The van der Waals surface area contributed by atoms with Crippen LogP contribution in [0.5, 0.6) is 11.5 Å². The minimum absolute atomic E-state index is 0.408. The number of hydrogen-bond acceptors (Lipinski definition) is 5. The molecule has 0 aliphatic carbocycles. The van der Waals surface area contributed by atoms with E-state index in [0.29, 0.717) is 41.8 Å². The average molecular weight is 413 g/mol. The number of benzene rings is 1. The normalized spacial score (nSPS) is 11.4. The molecule has 3 aromatic rings. The Bertz CT molecular complexity index is 1000. The number of aromatic amines is 1. The maximum atomic E-state index is 9.57. The Morgan fingerprint density at radius 1 is 1.23 bits per heavy atom. The third-order valence-electron chi connectivity index (χ3n) is 3.56. The molecule has 0 atom stereocenters. The topological polar surface area (TPSA) is 83.8 Å². The number of nitriles is 1. The molecule has 0 amide bonds. The second-order valence-corrected chi connectivity index (χ2v) is 6.27. The van der Waals surface area contributed by atoms with Crippen LogP contribution in [-0.2, 0) is 0 Å². The predicted octanol–water partition coefficient (Wildman–Crippen LogP) is 4.58. The molecule has 0 saturated heterocycles. The highest BCUT2D eigenvalue weighted by molar-refractivity contribution is 9.10. The van der Waals surface area contributed by atoms with Gasteiger partial charge in [0.1, 0.15) is 6.07 Å². The molecule has 0 aliphatic rings. The molecular weight excluding hydrogens is 396 g/mol. The van der Waals surface area contributed by atoms with Crippen molar-refractivity contribution in [2.24, 2.45) is 0 Å². The summed E-state index contributed by atoms with van der Waals surface area (Å²) in [5, 5.41) is 9.57. The number of H-pyrrole nitrogens is 1. The summed E-state index contributed by atoms with van der Waals surface area (Å²) in [5.74, 6) is 1.80. The number of imidazole rings is 1. The van der Waals surface area contributed by atoms with Gasteiger partial charge in [0.2, 0.25) is 0 Å². The zero-order chi connectivity index (χ0) is 18.5. The smallest absolute Gasteiger partial charge is 0.178 e. The Morgan fingerprint density at radius 3 is 2.73 bits per heavy atom. The molecule has 6 nitrogen and oxygen atoms in total. The maximum absolute atomic E-state index is 9.57. The first-order chi connectivity index (χ1) is 12.6. The van der Waals surface area contributed by atoms with E-state index in [4.69, 9.17) is 9.47 Å². The van der Waals surface area contributed by atoms with Gasteiger partial charge in [-0.05, 0) is 59.6 Å². The number of nitrogens with one attached hydrogen (secondary N) is 1. The Balaban J connectivity index is 2.00. The number of hydrogen-bond donors (Lipinski definition) is 1. The Labute approximate surface area is 159 Å². The van der Waals surface area contributed by atoms with Crippen LogP contribution in [0.2, 0.25) is 0 Å². The predicted molar refractivity (Wildman–Crippen MR) is 104 cm³/mol. The Hall–Kier alpha value is -2.85. The van der Waals surface area contributed by atoms with Crippen molar-refractivity contribution in [3.8, 4) is 17.6 Å². The molecule has 26 heavy (non-hydrogen) atoms. The fraction of sp³-hybridized carbons (Fsp3) is 0.211. The largest absolute Gasteiger partial charge is 0.490 e. The SMILES string of the molecule is CCOc1ccc(/C=C(\C#N)c2nc3ncc(Br)cc3[nH]2)cc1OCC. The molecule has 132 valence electrons. The van der Waals surface area contributed by atoms with E-state index in [1.807, 2.05) is 38.1 Å². The van der Waals surface area contributed by atoms with Crippen molar-refractivity contribution in [1.82, 2.24) is 15.0 Å². The minimum Gasteiger partial charge on any atom is -0.490 e. The van der Waals surface area contributed by atoms with E-state index in [-0.39, 0.29) is 0 Å². The van der Waals surface area contributed by atoms with E-state index >= 15 is 0 Å². The molecule has 2 aromatic heterocycles. The van der Waals surface area contributed by atoms with Gasteiger partial charge in [-0.1, -0.05) is 6.07 Å². The summed E-state index contributed by atoms with van der Waals surface area (Å²) >= 11 is 3.38. The molecule has 1 aromatic carbocycles. The zero-order valence-electron chi connectivity index (χ0n) is 14.4. The zero-order valence-corrected chi connectivity index (χ0v) is 16.0. The molecule has 1 N–H and O–H groups in total. The summed E-state index contributed by atoms with van der Waals surface area (Å²) in [6.07, 6.45) is 3.43. The first-order valence-corrected chi connectivity index (χ1v) is 8.97. The molecular formula is C19H17BrN4O2. The fourth-order valence-electron chi connectivity index (χ4n) is 2.48. The number of pyridine rings is 1. The molecule has 0 bridgehead atoms. The van der Waals surface area contributed by atoms with Crippen LogP contribution in [0.15, 0.2) is 34.9 Å². The van der Waals surface area contributed by atoms with Gasteiger partial charge in [-0.2, -0.15) is 5.26 Å². The number of fused-ring (bicyclic) bond motifs is 1. The van der Waals surface area contributed by atoms with Gasteiger partial charge in [-0.3, -0.25) is 0 Å². The molecule has 0 aliphatic heterocycles. The van der Waals surface area contributed by atoms with Gasteiger partial charge < -0.3 is 14.5 Å². The van der Waals surface area contributed by atoms with Crippen molar-refractivity contribution in [2.75, 3.05) is 13.2 Å². The van der Waals surface area contributed by atoms with Crippen LogP contribution in [0.25, 0.3) is 22.8 Å². The Kier molecular flexibility index (Phi) is 5.54. The van der Waals surface area contributed by atoms with E-state index in [1.54, 1.807) is 12.3 Å². The summed E-state index contributed by atoms with van der Waals surface area (Å²) in [6.45, 7) is 4.92. The van der Waals surface area contributed by atoms with Crippen LogP contribution in [0.1, 0.15) is 25.2 Å². The second kappa shape index (κ2) is 8.02. The van der Waals surface area contributed by atoms with Gasteiger partial charge in [-0.15, -0.1) is 0 Å². The van der Waals surface area contributed by atoms with Crippen LogP contribution < -0.4 is 9.47 Å². The van der Waals surface area contributed by atoms with Gasteiger partial charge in [-0.25, -0.2) is 9.97 Å². The monoisotopic (exact) mass is 412 g/mol. The van der Waals surface area contributed by atoms with E-state index in [2.05, 4.69) is 37.0 Å². The first kappa shape index (κ1) is 18.0. The quantitative estimate of drug-likeness (QED) is 0.598. The number of rotatable bonds is 6. The van der Waals surface area contributed by atoms with Crippen molar-refractivity contribution in [2.45, 2.75) is 13.8 Å². The highest BCUT2D eigenvalue weighted by Gasteiger charge is 2.11. The average Bonchev–Trinajstić information content (AvgIpc) is 3.05. The third kappa shape index (κ3) is 3.86. The van der Waals surface area contributed by atoms with Crippen molar-refractivity contribution in [1.29, 1.82) is 5.26 Å². The van der Waals surface area contributed by atoms with Crippen molar-refractivity contribution in [3.05, 3.63) is 46.3 Å². The number of halogens is 1. The highest BCUT2D eigenvalue weighted by atomic mass is 79.9. The fourth-order valence-corrected chi connectivity index (χ4v) is 2.81. The number of nitrogens with zero attached hydrogens (tertiary/aromatic N) is 3. The van der Waals surface area contributed by atoms with E-state index < -0.39 is 0 Å². The second-order valence-electron chi connectivity index (χ2n) is 5.35. The summed E-state index contributed by atoms with van der Waals surface area (Å²) in [6, 6.07) is 9.63. The number of ether oxygens (including phenoxy) is 2. The molecule has 0 unspecified atom stereocenters. The maximum Gasteiger partial charge on any atom is 0.178 e. The van der Waals surface area contributed by atoms with Crippen LogP contribution in [-0.4, -0.2) is 28.2 Å². The third-order valence-corrected chi connectivity index (χ3v) is 3.99. The van der Waals surface area contributed by atoms with Crippen LogP contribution in [0.4, 0.5) is 0 Å². The van der Waals surface area contributed by atoms with Gasteiger partial charge >= 0.3 is 0 Å². The molecule has 0 spiro atoms. The van der Waals surface area contributed by atoms with Crippen molar-refractivity contribution in [3.63, 3.8) is 0 Å². The molecule has 2 heterocycles. The van der Waals surface area contributed by atoms with Crippen LogP contribution in [0, 0.1) is 11.3 Å². The number of allylic oxidation sites excluding steroid dienone is 1. The first-order valence-electron chi connectivity index (χ1n) is 8.17. The molecule has 0 fully saturated rings. The van der Waals surface area contributed by atoms with Gasteiger partial charge in [0, 0.05) is 10.7 Å². The highest BCUT2D eigenvalue weighted by Crippen LogP contribution is 2.30. The van der Waals surface area contributed by atoms with Crippen molar-refractivity contribution < 1.29 is 9.47 Å². The lowest BCUT2D eigenvalue weighted by atomic mass is 10.1. The summed E-state index contributed by atoms with van der Waals surface area (Å²) in [7, 11) is 0. The van der Waals surface area contributed by atoms with E-state index in [9.17, 15) is 5.26 Å². The lowest BCUT2D eigenvalue weighted by Gasteiger charge is -2.11. The standard InChI is InChI=1S/C19H17BrN4O2/c1-3-25-16-6-5-12(8-17(16)26-4-2)7-13(10-21)18-23-15-9-14(20)11-22-19(15)24-18/h5-9,11H,3-4H2,1-2H3,(H,22,23,24)/b13-7+. The summed E-state index contributed by atoms with van der Waals surface area (Å²) in [5.41, 5.74) is 2.55. The van der Waals surface area contributed by atoms with E-state index in [0.717, 1.165) is 15.6 Å². The van der Waals surface area contributed by atoms with Gasteiger partial charge in [0.05, 0.1) is 24.3 Å². The Morgan fingerprint density at radius 2 is 2.00 bits per heavy atom. The molecule has 3 rings (SSSR count). The summed E-state index contributed by atoms with van der Waals surface area (Å²) in [4.78, 5) is 11.8. The van der Waals surface area contributed by atoms with E-state index in [1.165, 1.54) is 0 Å². The summed E-state index contributed by atoms with van der Waals surface area (Å²) < 4.78 is 12.0. The van der Waals surface area contributed by atoms with Gasteiger partial charge in [0.25, 0.3) is 0 Å². The molecule has 7 heteroatoms. The van der Waals surface area contributed by atoms with Crippen molar-refractivity contribution >= 4 is 38.7 Å². The molecule has 0 saturated carbocycles. The molecule has 0 radical (unpaired) electrons. The minimum atomic E-state index is 0.408. The van der Waals surface area contributed by atoms with Gasteiger partial charge in [0.15, 0.2) is 23.0 Å².